The van der Waals surface area contributed by atoms with E-state index in [0.717, 1.165) is 19.4 Å². The normalized spacial score (nSPS) is 13.1. The van der Waals surface area contributed by atoms with E-state index in [9.17, 15) is 0 Å². The summed E-state index contributed by atoms with van der Waals surface area (Å²) in [5, 5.41) is 7.13. The minimum absolute atomic E-state index is 0.302. The molecule has 0 radical (unpaired) electrons. The van der Waals surface area contributed by atoms with Crippen molar-refractivity contribution >= 4 is 17.6 Å². The fraction of sp³-hybridized carbons (Fsp3) is 0.900. The number of rotatable bonds is 8. The van der Waals surface area contributed by atoms with Crippen molar-refractivity contribution in [1.29, 1.82) is 5.41 Å². The van der Waals surface area contributed by atoms with Crippen molar-refractivity contribution in [3.8, 4) is 0 Å². The molecule has 1 unspecified atom stereocenters. The second-order valence-corrected chi connectivity index (χ2v) is 4.54. The van der Waals surface area contributed by atoms with Crippen LogP contribution in [0.25, 0.3) is 0 Å². The van der Waals surface area contributed by atoms with Gasteiger partial charge in [0, 0.05) is 18.2 Å². The Morgan fingerprint density at radius 2 is 2.21 bits per heavy atom. The van der Waals surface area contributed by atoms with Gasteiger partial charge in [0.15, 0.2) is 0 Å². The van der Waals surface area contributed by atoms with Crippen LogP contribution in [0.3, 0.4) is 0 Å². The van der Waals surface area contributed by atoms with Crippen molar-refractivity contribution < 1.29 is 0 Å². The molecule has 0 aromatic rings. The Morgan fingerprint density at radius 3 is 2.64 bits per heavy atom. The Bertz CT molecular complexity index is 161. The molecule has 0 aromatic carbocycles. The van der Waals surface area contributed by atoms with Crippen LogP contribution in [0, 0.1) is 5.41 Å². The first-order chi connectivity index (χ1) is 6.61. The fourth-order valence-electron chi connectivity index (χ4n) is 1.45. The van der Waals surface area contributed by atoms with Crippen molar-refractivity contribution in [2.24, 2.45) is 5.73 Å². The first kappa shape index (κ1) is 13.8. The Labute approximate surface area is 91.9 Å². The summed E-state index contributed by atoms with van der Waals surface area (Å²) < 4.78 is 0. The molecule has 0 bridgehead atoms. The Morgan fingerprint density at radius 1 is 1.57 bits per heavy atom. The van der Waals surface area contributed by atoms with E-state index in [4.69, 9.17) is 11.1 Å². The number of nitrogens with one attached hydrogen (secondary N) is 1. The molecule has 14 heavy (non-hydrogen) atoms. The van der Waals surface area contributed by atoms with Crippen LogP contribution in [0.1, 0.15) is 26.2 Å². The quantitative estimate of drug-likeness (QED) is 0.481. The van der Waals surface area contributed by atoms with Gasteiger partial charge in [0.25, 0.3) is 0 Å². The molecule has 0 amide bonds. The van der Waals surface area contributed by atoms with Crippen molar-refractivity contribution in [1.82, 2.24) is 4.90 Å². The van der Waals surface area contributed by atoms with E-state index in [1.165, 1.54) is 12.2 Å². The zero-order valence-corrected chi connectivity index (χ0v) is 10.4. The molecule has 0 saturated heterocycles. The Hall–Kier alpha value is -0.220. The number of hydrogen-bond acceptors (Lipinski definition) is 3. The fourth-order valence-corrected chi connectivity index (χ4v) is 2.33. The molecule has 3 nitrogen and oxygen atoms in total. The molecule has 1 atom stereocenters. The van der Waals surface area contributed by atoms with Crippen molar-refractivity contribution in [2.45, 2.75) is 32.2 Å². The average Bonchev–Trinajstić information content (AvgIpc) is 2.13. The summed E-state index contributed by atoms with van der Waals surface area (Å²) in [6, 6.07) is 0.664. The zero-order chi connectivity index (χ0) is 11.0. The summed E-state index contributed by atoms with van der Waals surface area (Å²) in [5.74, 6) is 1.49. The molecule has 0 rings (SSSR count). The molecule has 0 aliphatic carbocycles. The number of nitrogens with two attached hydrogens (primary N) is 1. The summed E-state index contributed by atoms with van der Waals surface area (Å²) in [7, 11) is 2.16. The third-order valence-corrected chi connectivity index (χ3v) is 3.13. The van der Waals surface area contributed by atoms with Crippen LogP contribution in [0.4, 0.5) is 0 Å². The first-order valence-corrected chi connectivity index (χ1v) is 6.53. The zero-order valence-electron chi connectivity index (χ0n) is 9.55. The van der Waals surface area contributed by atoms with E-state index >= 15 is 0 Å². The van der Waals surface area contributed by atoms with Gasteiger partial charge in [0.1, 0.15) is 0 Å². The molecule has 0 saturated carbocycles. The SMILES string of the molecule is CCC(CSC)N(C)CCCC(=N)N. The predicted molar refractivity (Wildman–Crippen MR) is 66.2 cm³/mol. The Balaban J connectivity index is 3.68. The van der Waals surface area contributed by atoms with Gasteiger partial charge in [-0.2, -0.15) is 11.8 Å². The van der Waals surface area contributed by atoms with E-state index in [2.05, 4.69) is 25.1 Å². The lowest BCUT2D eigenvalue weighted by Gasteiger charge is -2.26. The number of thioether (sulfide) groups is 1. The second kappa shape index (κ2) is 8.12. The molecule has 0 fully saturated rings. The van der Waals surface area contributed by atoms with Crippen LogP contribution in [-0.2, 0) is 0 Å². The van der Waals surface area contributed by atoms with E-state index in [1.807, 2.05) is 11.8 Å². The molecular weight excluding hydrogens is 194 g/mol. The summed E-state index contributed by atoms with van der Waals surface area (Å²) in [4.78, 5) is 2.37. The van der Waals surface area contributed by atoms with Gasteiger partial charge in [0.2, 0.25) is 0 Å². The maximum atomic E-state index is 7.13. The number of hydrogen-bond donors (Lipinski definition) is 2. The highest BCUT2D eigenvalue weighted by molar-refractivity contribution is 7.98. The molecule has 0 aliphatic rings. The minimum Gasteiger partial charge on any atom is -0.388 e. The monoisotopic (exact) mass is 217 g/mol. The maximum Gasteiger partial charge on any atom is 0.0905 e. The van der Waals surface area contributed by atoms with E-state index in [0.29, 0.717) is 11.9 Å². The third-order valence-electron chi connectivity index (χ3n) is 2.41. The first-order valence-electron chi connectivity index (χ1n) is 5.13. The van der Waals surface area contributed by atoms with E-state index in [1.54, 1.807) is 0 Å². The average molecular weight is 217 g/mol. The smallest absolute Gasteiger partial charge is 0.0905 e. The van der Waals surface area contributed by atoms with Crippen LogP contribution in [0.5, 0.6) is 0 Å². The van der Waals surface area contributed by atoms with Crippen LogP contribution >= 0.6 is 11.8 Å². The second-order valence-electron chi connectivity index (χ2n) is 3.63. The summed E-state index contributed by atoms with van der Waals surface area (Å²) in [6.45, 7) is 3.26. The lowest BCUT2D eigenvalue weighted by molar-refractivity contribution is 0.254. The van der Waals surface area contributed by atoms with Crippen molar-refractivity contribution in [3.05, 3.63) is 0 Å². The van der Waals surface area contributed by atoms with Gasteiger partial charge in [-0.3, -0.25) is 5.41 Å². The minimum atomic E-state index is 0.302. The highest BCUT2D eigenvalue weighted by atomic mass is 32.2. The van der Waals surface area contributed by atoms with Gasteiger partial charge in [0.05, 0.1) is 5.84 Å². The molecule has 84 valence electrons. The molecule has 4 heteroatoms. The summed E-state index contributed by atoms with van der Waals surface area (Å²) in [5.41, 5.74) is 5.31. The van der Waals surface area contributed by atoms with Gasteiger partial charge in [-0.1, -0.05) is 6.92 Å². The predicted octanol–water partition coefficient (Wildman–Crippen LogP) is 1.78. The Kier molecular flexibility index (Phi) is 7.99. The highest BCUT2D eigenvalue weighted by Crippen LogP contribution is 2.08. The molecule has 0 aliphatic heterocycles. The lowest BCUT2D eigenvalue weighted by atomic mass is 10.2. The van der Waals surface area contributed by atoms with Gasteiger partial charge < -0.3 is 10.6 Å². The largest absolute Gasteiger partial charge is 0.388 e. The molecule has 0 spiro atoms. The molecule has 0 heterocycles. The topological polar surface area (TPSA) is 53.1 Å². The van der Waals surface area contributed by atoms with Crippen LogP contribution < -0.4 is 5.73 Å². The summed E-state index contributed by atoms with van der Waals surface area (Å²) >= 11 is 1.89. The van der Waals surface area contributed by atoms with Crippen LogP contribution in [-0.4, -0.2) is 42.4 Å². The van der Waals surface area contributed by atoms with Crippen LogP contribution in [0.15, 0.2) is 0 Å². The van der Waals surface area contributed by atoms with E-state index < -0.39 is 0 Å². The number of amidine groups is 1. The maximum absolute atomic E-state index is 7.13. The highest BCUT2D eigenvalue weighted by Gasteiger charge is 2.10. The van der Waals surface area contributed by atoms with E-state index in [-0.39, 0.29) is 0 Å². The number of nitrogens with zero attached hydrogens (tertiary/aromatic N) is 1. The summed E-state index contributed by atoms with van der Waals surface area (Å²) in [6.07, 6.45) is 5.06. The lowest BCUT2D eigenvalue weighted by Crippen LogP contribution is -2.34. The van der Waals surface area contributed by atoms with Gasteiger partial charge in [-0.25, -0.2) is 0 Å². The third kappa shape index (κ3) is 6.27. The van der Waals surface area contributed by atoms with Crippen molar-refractivity contribution in [2.75, 3.05) is 25.6 Å². The van der Waals surface area contributed by atoms with Crippen molar-refractivity contribution in [3.63, 3.8) is 0 Å². The molecule has 0 aromatic heterocycles. The molecular formula is C10H23N3S. The van der Waals surface area contributed by atoms with Crippen LogP contribution in [0.2, 0.25) is 0 Å². The van der Waals surface area contributed by atoms with Gasteiger partial charge in [-0.15, -0.1) is 0 Å². The standard InChI is InChI=1S/C10H23N3S/c1-4-9(8-14-3)13(2)7-5-6-10(11)12/h9H,4-8H2,1-3H3,(H3,11,12). The van der Waals surface area contributed by atoms with Gasteiger partial charge >= 0.3 is 0 Å². The molecule has 3 N–H and O–H groups in total. The van der Waals surface area contributed by atoms with Gasteiger partial charge in [-0.05, 0) is 32.7 Å².